The van der Waals surface area contributed by atoms with Gasteiger partial charge in [0.2, 0.25) is 17.6 Å². The van der Waals surface area contributed by atoms with Crippen molar-refractivity contribution in [1.29, 1.82) is 0 Å². The predicted molar refractivity (Wildman–Crippen MR) is 125 cm³/mol. The molecule has 0 spiro atoms. The summed E-state index contributed by atoms with van der Waals surface area (Å²) in [6.45, 7) is 3.63. The number of fused-ring (bicyclic) bond motifs is 1. The van der Waals surface area contributed by atoms with E-state index in [0.29, 0.717) is 25.1 Å². The normalized spacial score (nSPS) is 25.7. The van der Waals surface area contributed by atoms with E-state index in [1.807, 2.05) is 13.8 Å². The van der Waals surface area contributed by atoms with E-state index < -0.39 is 71.3 Å². The van der Waals surface area contributed by atoms with Gasteiger partial charge in [-0.1, -0.05) is 13.8 Å². The second kappa shape index (κ2) is 10.3. The highest BCUT2D eigenvalue weighted by molar-refractivity contribution is 6.38. The number of hydrogen-bond acceptors (Lipinski definition) is 6. The van der Waals surface area contributed by atoms with Gasteiger partial charge in [-0.05, 0) is 30.1 Å². The number of Topliss-reactive ketones (excluding diaryl/α,β-unsaturated/α-hetero) is 1. The minimum Gasteiger partial charge on any atom is -0.478 e. The minimum absolute atomic E-state index is 0.0461. The van der Waals surface area contributed by atoms with E-state index in [-0.39, 0.29) is 36.1 Å². The zero-order valence-corrected chi connectivity index (χ0v) is 21.1. The van der Waals surface area contributed by atoms with E-state index in [2.05, 4.69) is 16.0 Å². The summed E-state index contributed by atoms with van der Waals surface area (Å²) in [7, 11) is 1.27. The molecular weight excluding hydrogens is 509 g/mol. The van der Waals surface area contributed by atoms with Crippen LogP contribution in [0.25, 0.3) is 0 Å². The number of ether oxygens (including phenoxy) is 1. The summed E-state index contributed by atoms with van der Waals surface area (Å²) in [5.41, 5.74) is -0.291. The molecule has 10 nitrogen and oxygen atoms in total. The third kappa shape index (κ3) is 5.05. The first kappa shape index (κ1) is 27.4. The molecule has 206 valence electrons. The van der Waals surface area contributed by atoms with Gasteiger partial charge in [0.25, 0.3) is 11.8 Å². The number of amides is 4. The SMILES string of the molecule is CNC(=O)C(=O)[C@H](C[C@@H]1CCNC1=O)NC(=O)[C@@H]1[C@@H]2[C@H](CN1C(=O)COc1c(F)cc(F)cc1F)C2(C)C. The summed E-state index contributed by atoms with van der Waals surface area (Å²) in [6, 6.07) is -1.50. The molecule has 0 bridgehead atoms. The number of ketones is 1. The molecule has 0 radical (unpaired) electrons. The highest BCUT2D eigenvalue weighted by atomic mass is 19.1. The van der Waals surface area contributed by atoms with Crippen LogP contribution >= 0.6 is 0 Å². The highest BCUT2D eigenvalue weighted by Gasteiger charge is 2.69. The lowest BCUT2D eigenvalue weighted by Gasteiger charge is -2.31. The van der Waals surface area contributed by atoms with Gasteiger partial charge < -0.3 is 25.6 Å². The molecule has 4 amide bonds. The summed E-state index contributed by atoms with van der Waals surface area (Å²) in [4.78, 5) is 64.6. The van der Waals surface area contributed by atoms with Crippen LogP contribution < -0.4 is 20.7 Å². The topological polar surface area (TPSA) is 134 Å². The number of benzene rings is 1. The van der Waals surface area contributed by atoms with Crippen LogP contribution in [0.4, 0.5) is 13.2 Å². The number of likely N-dealkylation sites (N-methyl/N-ethyl adjacent to an activating group) is 1. The fourth-order valence-corrected chi connectivity index (χ4v) is 5.65. The van der Waals surface area contributed by atoms with Crippen LogP contribution in [-0.2, 0) is 24.0 Å². The van der Waals surface area contributed by atoms with Crippen molar-refractivity contribution in [1.82, 2.24) is 20.9 Å². The average Bonchev–Trinajstić information content (AvgIpc) is 3.20. The van der Waals surface area contributed by atoms with Gasteiger partial charge in [-0.2, -0.15) is 0 Å². The lowest BCUT2D eigenvalue weighted by molar-refractivity contribution is -0.144. The Kier molecular flexibility index (Phi) is 7.39. The van der Waals surface area contributed by atoms with Crippen molar-refractivity contribution < 1.29 is 41.9 Å². The molecule has 5 atom stereocenters. The summed E-state index contributed by atoms with van der Waals surface area (Å²) < 4.78 is 46.0. The molecule has 1 aromatic carbocycles. The first-order chi connectivity index (χ1) is 17.9. The van der Waals surface area contributed by atoms with Crippen molar-refractivity contribution >= 4 is 29.4 Å². The molecular formula is C25H29F3N4O6. The molecule has 3 aliphatic rings. The standard InChI is InChI=1S/C25H29F3N4O6/c1-25(2)13-9-32(17(33)10-38-21-14(27)7-12(26)8-15(21)28)19(18(13)25)23(36)31-16(20(34)24(37)29-3)6-11-4-5-30-22(11)35/h7-8,11,13,16,18-19H,4-6,9-10H2,1-3H3,(H,29,37)(H,30,35)(H,31,36)/t11-,13-,16-,18-,19-/m0/s1. The Morgan fingerprint density at radius 2 is 1.84 bits per heavy atom. The molecule has 1 aliphatic carbocycles. The maximum Gasteiger partial charge on any atom is 0.289 e. The molecule has 2 heterocycles. The van der Waals surface area contributed by atoms with Gasteiger partial charge in [0.05, 0.1) is 6.04 Å². The van der Waals surface area contributed by atoms with Crippen LogP contribution in [0, 0.1) is 40.6 Å². The number of rotatable bonds is 9. The Hall–Kier alpha value is -3.64. The molecule has 4 rings (SSSR count). The Morgan fingerprint density at radius 3 is 2.42 bits per heavy atom. The molecule has 2 saturated heterocycles. The second-order valence-corrected chi connectivity index (χ2v) is 10.4. The summed E-state index contributed by atoms with van der Waals surface area (Å²) in [5.74, 6) is -9.15. The number of likely N-dealkylation sites (tertiary alicyclic amines) is 1. The molecule has 38 heavy (non-hydrogen) atoms. The van der Waals surface area contributed by atoms with Gasteiger partial charge in [-0.3, -0.25) is 24.0 Å². The van der Waals surface area contributed by atoms with Crippen LogP contribution in [0.15, 0.2) is 12.1 Å². The highest BCUT2D eigenvalue weighted by Crippen LogP contribution is 2.64. The quantitative estimate of drug-likeness (QED) is 0.387. The first-order valence-electron chi connectivity index (χ1n) is 12.3. The smallest absolute Gasteiger partial charge is 0.289 e. The van der Waals surface area contributed by atoms with Crippen LogP contribution in [0.3, 0.4) is 0 Å². The van der Waals surface area contributed by atoms with Crippen molar-refractivity contribution in [3.63, 3.8) is 0 Å². The Balaban J connectivity index is 1.50. The fraction of sp³-hybridized carbons (Fsp3) is 0.560. The van der Waals surface area contributed by atoms with Gasteiger partial charge in [-0.25, -0.2) is 13.2 Å². The zero-order valence-electron chi connectivity index (χ0n) is 21.1. The molecule has 0 unspecified atom stereocenters. The molecule has 3 fully saturated rings. The molecule has 1 aromatic rings. The lowest BCUT2D eigenvalue weighted by atomic mass is 9.94. The maximum atomic E-state index is 13.9. The molecule has 13 heteroatoms. The number of carbonyl (C=O) groups is 5. The van der Waals surface area contributed by atoms with Crippen molar-refractivity contribution in [3.05, 3.63) is 29.6 Å². The van der Waals surface area contributed by atoms with Gasteiger partial charge in [0, 0.05) is 38.2 Å². The van der Waals surface area contributed by atoms with Crippen LogP contribution in [0.2, 0.25) is 0 Å². The summed E-state index contributed by atoms with van der Waals surface area (Å²) in [5, 5.41) is 7.44. The number of nitrogens with one attached hydrogen (secondary N) is 3. The van der Waals surface area contributed by atoms with E-state index >= 15 is 0 Å². The summed E-state index contributed by atoms with van der Waals surface area (Å²) >= 11 is 0. The molecule has 0 aromatic heterocycles. The third-order valence-corrected chi connectivity index (χ3v) is 7.87. The number of carbonyl (C=O) groups excluding carboxylic acids is 5. The zero-order chi connectivity index (χ0) is 27.9. The van der Waals surface area contributed by atoms with Crippen molar-refractivity contribution in [2.45, 2.75) is 38.8 Å². The van der Waals surface area contributed by atoms with E-state index in [0.717, 1.165) is 0 Å². The fourth-order valence-electron chi connectivity index (χ4n) is 5.65. The average molecular weight is 539 g/mol. The number of piperidine rings is 1. The van der Waals surface area contributed by atoms with Gasteiger partial charge in [-0.15, -0.1) is 0 Å². The lowest BCUT2D eigenvalue weighted by Crippen LogP contribution is -2.56. The molecule has 1 saturated carbocycles. The van der Waals surface area contributed by atoms with Gasteiger partial charge in [0.1, 0.15) is 11.9 Å². The molecule has 2 aliphatic heterocycles. The van der Waals surface area contributed by atoms with Crippen molar-refractivity contribution in [2.24, 2.45) is 23.2 Å². The Labute approximate surface area is 216 Å². The van der Waals surface area contributed by atoms with Gasteiger partial charge in [0.15, 0.2) is 24.0 Å². The number of nitrogens with zero attached hydrogens (tertiary/aromatic N) is 1. The van der Waals surface area contributed by atoms with Crippen molar-refractivity contribution in [2.75, 3.05) is 26.7 Å². The van der Waals surface area contributed by atoms with E-state index in [4.69, 9.17) is 4.74 Å². The van der Waals surface area contributed by atoms with Crippen LogP contribution in [0.5, 0.6) is 5.75 Å². The summed E-state index contributed by atoms with van der Waals surface area (Å²) in [6.07, 6.45) is 0.347. The van der Waals surface area contributed by atoms with E-state index in [9.17, 15) is 37.1 Å². The largest absolute Gasteiger partial charge is 0.478 e. The van der Waals surface area contributed by atoms with Crippen molar-refractivity contribution in [3.8, 4) is 5.75 Å². The monoisotopic (exact) mass is 538 g/mol. The van der Waals surface area contributed by atoms with Crippen LogP contribution in [-0.4, -0.2) is 73.1 Å². The third-order valence-electron chi connectivity index (χ3n) is 7.87. The number of halogens is 3. The van der Waals surface area contributed by atoms with Gasteiger partial charge >= 0.3 is 0 Å². The Bertz CT molecular complexity index is 1170. The second-order valence-electron chi connectivity index (χ2n) is 10.4. The first-order valence-corrected chi connectivity index (χ1v) is 12.3. The molecule has 3 N–H and O–H groups in total. The van der Waals surface area contributed by atoms with Crippen LogP contribution in [0.1, 0.15) is 26.7 Å². The minimum atomic E-state index is -1.32. The maximum absolute atomic E-state index is 13.9. The number of hydrogen-bond donors (Lipinski definition) is 3. The predicted octanol–water partition coefficient (Wildman–Crippen LogP) is 0.292. The van der Waals surface area contributed by atoms with E-state index in [1.165, 1.54) is 11.9 Å². The Morgan fingerprint density at radius 1 is 1.18 bits per heavy atom. The van der Waals surface area contributed by atoms with E-state index in [1.54, 1.807) is 0 Å².